The largest absolute Gasteiger partial charge is 0.463 e. The van der Waals surface area contributed by atoms with Gasteiger partial charge in [0.15, 0.2) is 6.61 Å². The summed E-state index contributed by atoms with van der Waals surface area (Å²) in [4.78, 5) is 55.1. The summed E-state index contributed by atoms with van der Waals surface area (Å²) in [6, 6.07) is 0. The van der Waals surface area contributed by atoms with Crippen LogP contribution in [-0.4, -0.2) is 48.8 Å². The fourth-order valence-corrected chi connectivity index (χ4v) is 2.39. The minimum atomic E-state index is -1.29. The van der Waals surface area contributed by atoms with Gasteiger partial charge < -0.3 is 14.2 Å². The lowest BCUT2D eigenvalue weighted by Gasteiger charge is -2.21. The van der Waals surface area contributed by atoms with Gasteiger partial charge in [-0.1, -0.05) is 6.92 Å². The van der Waals surface area contributed by atoms with E-state index in [0.717, 1.165) is 0 Å². The number of rotatable bonds is 9. The van der Waals surface area contributed by atoms with Gasteiger partial charge >= 0.3 is 17.9 Å². The Kier molecular flexibility index (Phi) is 4.95. The van der Waals surface area contributed by atoms with Crippen LogP contribution in [0.4, 0.5) is 0 Å². The van der Waals surface area contributed by atoms with Crippen LogP contribution in [0.1, 0.15) is 46.5 Å². The van der Waals surface area contributed by atoms with Gasteiger partial charge in [0, 0.05) is 6.42 Å². The smallest absolute Gasteiger partial charge is 0.347 e. The fourth-order valence-electron chi connectivity index (χ4n) is 2.39. The van der Waals surface area contributed by atoms with E-state index >= 15 is 0 Å². The molecule has 3 aliphatic heterocycles. The van der Waals surface area contributed by atoms with Gasteiger partial charge in [0.25, 0.3) is 5.79 Å². The van der Waals surface area contributed by atoms with Crippen LogP contribution in [0.15, 0.2) is 0 Å². The topological polar surface area (TPSA) is 129 Å². The van der Waals surface area contributed by atoms with Crippen molar-refractivity contribution in [2.24, 2.45) is 5.41 Å². The van der Waals surface area contributed by atoms with Gasteiger partial charge in [-0.25, -0.2) is 4.79 Å². The van der Waals surface area contributed by atoms with Crippen molar-refractivity contribution in [3.8, 4) is 0 Å². The summed E-state index contributed by atoms with van der Waals surface area (Å²) in [5.41, 5.74) is -0.625. The summed E-state index contributed by atoms with van der Waals surface area (Å²) in [6.45, 7) is 5.49. The van der Waals surface area contributed by atoms with E-state index in [1.807, 2.05) is 6.92 Å². The van der Waals surface area contributed by atoms with E-state index in [4.69, 9.17) is 33.8 Å². The van der Waals surface area contributed by atoms with Crippen molar-refractivity contribution in [1.82, 2.24) is 0 Å². The fraction of sp³-hybridized carbons (Fsp3) is 0.812. The van der Waals surface area contributed by atoms with E-state index in [1.165, 1.54) is 0 Å². The summed E-state index contributed by atoms with van der Waals surface area (Å²) in [5, 5.41) is 0. The van der Waals surface area contributed by atoms with Crippen molar-refractivity contribution in [1.29, 1.82) is 0 Å². The predicted molar refractivity (Wildman–Crippen MR) is 79.5 cm³/mol. The van der Waals surface area contributed by atoms with Crippen LogP contribution in [0.3, 0.4) is 0 Å². The Morgan fingerprint density at radius 2 is 1.85 bits per heavy atom. The second-order valence-corrected chi connectivity index (χ2v) is 7.26. The molecule has 146 valence electrons. The molecule has 10 nitrogen and oxygen atoms in total. The molecule has 1 unspecified atom stereocenters. The summed E-state index contributed by atoms with van der Waals surface area (Å²) < 4.78 is 15.0. The van der Waals surface area contributed by atoms with E-state index in [0.29, 0.717) is 12.8 Å². The standard InChI is InChI=1S/C16H22O10/c1-4-14(2,3)13(19)21-9-16(25-26-16)8-15(23-24-15)7-11(17)22-10-5-6-20-12(10)18/h10H,4-9H2,1-3H3. The summed E-state index contributed by atoms with van der Waals surface area (Å²) in [6.07, 6.45) is -0.230. The van der Waals surface area contributed by atoms with Gasteiger partial charge in [-0.3, -0.25) is 9.59 Å². The van der Waals surface area contributed by atoms with Gasteiger partial charge in [-0.05, 0) is 20.3 Å². The Morgan fingerprint density at radius 3 is 2.35 bits per heavy atom. The van der Waals surface area contributed by atoms with Crippen molar-refractivity contribution in [2.45, 2.75) is 64.1 Å². The van der Waals surface area contributed by atoms with Crippen molar-refractivity contribution in [3.63, 3.8) is 0 Å². The molecule has 0 radical (unpaired) electrons. The number of cyclic esters (lactones) is 1. The molecule has 3 fully saturated rings. The predicted octanol–water partition coefficient (Wildman–Crippen LogP) is 0.921. The maximum Gasteiger partial charge on any atom is 0.347 e. The highest BCUT2D eigenvalue weighted by atomic mass is 17.4. The maximum absolute atomic E-state index is 12.0. The van der Waals surface area contributed by atoms with Crippen molar-refractivity contribution >= 4 is 17.9 Å². The molecule has 26 heavy (non-hydrogen) atoms. The van der Waals surface area contributed by atoms with E-state index in [9.17, 15) is 14.4 Å². The van der Waals surface area contributed by atoms with Gasteiger partial charge in [-0.2, -0.15) is 19.6 Å². The van der Waals surface area contributed by atoms with E-state index < -0.39 is 35.0 Å². The summed E-state index contributed by atoms with van der Waals surface area (Å²) in [5.74, 6) is -4.14. The first-order valence-electron chi connectivity index (χ1n) is 8.46. The normalized spacial score (nSPS) is 25.3. The van der Waals surface area contributed by atoms with Gasteiger partial charge in [0.2, 0.25) is 11.9 Å². The molecule has 3 heterocycles. The molecule has 0 N–H and O–H groups in total. The number of hydrogen-bond acceptors (Lipinski definition) is 10. The zero-order chi connectivity index (χ0) is 19.0. The van der Waals surface area contributed by atoms with E-state index in [1.54, 1.807) is 13.8 Å². The van der Waals surface area contributed by atoms with Crippen LogP contribution in [0.2, 0.25) is 0 Å². The Hall–Kier alpha value is -1.75. The molecule has 10 heteroatoms. The Labute approximate surface area is 149 Å². The Bertz CT molecular complexity index is 590. The second-order valence-electron chi connectivity index (χ2n) is 7.26. The first kappa shape index (κ1) is 19.0. The quantitative estimate of drug-likeness (QED) is 0.248. The van der Waals surface area contributed by atoms with Crippen LogP contribution in [0.25, 0.3) is 0 Å². The van der Waals surface area contributed by atoms with Crippen LogP contribution in [0.5, 0.6) is 0 Å². The summed E-state index contributed by atoms with van der Waals surface area (Å²) >= 11 is 0. The van der Waals surface area contributed by atoms with Crippen molar-refractivity contribution in [3.05, 3.63) is 0 Å². The lowest BCUT2D eigenvalue weighted by molar-refractivity contribution is -0.161. The molecule has 0 aromatic carbocycles. The first-order chi connectivity index (χ1) is 12.2. The van der Waals surface area contributed by atoms with Crippen LogP contribution in [0, 0.1) is 5.41 Å². The third kappa shape index (κ3) is 4.32. The summed E-state index contributed by atoms with van der Waals surface area (Å²) in [7, 11) is 0. The zero-order valence-electron chi connectivity index (χ0n) is 14.9. The molecule has 3 aliphatic rings. The van der Waals surface area contributed by atoms with Gasteiger partial charge in [-0.15, -0.1) is 0 Å². The average molecular weight is 374 g/mol. The third-order valence-corrected chi connectivity index (χ3v) is 4.61. The lowest BCUT2D eigenvalue weighted by Crippen LogP contribution is -2.34. The van der Waals surface area contributed by atoms with Crippen LogP contribution in [-0.2, 0) is 48.1 Å². The minimum Gasteiger partial charge on any atom is -0.463 e. The van der Waals surface area contributed by atoms with Crippen molar-refractivity contribution in [2.75, 3.05) is 13.2 Å². The van der Waals surface area contributed by atoms with Crippen LogP contribution >= 0.6 is 0 Å². The number of carbonyl (C=O) groups is 3. The molecule has 3 saturated heterocycles. The molecule has 0 saturated carbocycles. The van der Waals surface area contributed by atoms with E-state index in [2.05, 4.69) is 0 Å². The monoisotopic (exact) mass is 374 g/mol. The molecule has 0 bridgehead atoms. The molecule has 0 aromatic heterocycles. The highest BCUT2D eigenvalue weighted by Crippen LogP contribution is 2.48. The van der Waals surface area contributed by atoms with Crippen LogP contribution < -0.4 is 0 Å². The molecule has 0 aromatic rings. The number of hydrogen-bond donors (Lipinski definition) is 0. The zero-order valence-corrected chi connectivity index (χ0v) is 14.9. The first-order valence-corrected chi connectivity index (χ1v) is 8.46. The van der Waals surface area contributed by atoms with Gasteiger partial charge in [0.05, 0.1) is 18.4 Å². The highest BCUT2D eigenvalue weighted by Gasteiger charge is 2.64. The molecule has 0 aliphatic carbocycles. The number of carbonyl (C=O) groups excluding carboxylic acids is 3. The lowest BCUT2D eigenvalue weighted by atomic mass is 9.91. The van der Waals surface area contributed by atoms with E-state index in [-0.39, 0.29) is 32.0 Å². The molecule has 0 spiro atoms. The van der Waals surface area contributed by atoms with Gasteiger partial charge in [0.1, 0.15) is 6.42 Å². The third-order valence-electron chi connectivity index (χ3n) is 4.61. The minimum absolute atomic E-state index is 0.00401. The highest BCUT2D eigenvalue weighted by molar-refractivity contribution is 5.81. The second kappa shape index (κ2) is 6.76. The molecule has 0 amide bonds. The molecule has 1 atom stereocenters. The Morgan fingerprint density at radius 1 is 1.19 bits per heavy atom. The number of ether oxygens (including phenoxy) is 3. The SMILES string of the molecule is CCC(C)(C)C(=O)OCC1(CC2(CC(=O)OC3CCOC3=O)OO2)OO1. The Balaban J connectivity index is 1.47. The number of esters is 3. The molecule has 3 rings (SSSR count). The van der Waals surface area contributed by atoms with Crippen molar-refractivity contribution < 1.29 is 48.1 Å². The molecular formula is C16H22O10. The average Bonchev–Trinajstić information content (AvgIpc) is 3.49. The maximum atomic E-state index is 12.0. The molecular weight excluding hydrogens is 352 g/mol.